The van der Waals surface area contributed by atoms with Crippen molar-refractivity contribution in [3.8, 4) is 0 Å². The molecule has 1 nitrogen and oxygen atoms in total. The summed E-state index contributed by atoms with van der Waals surface area (Å²) < 4.78 is 0. The Balaban J connectivity index is 2.01. The van der Waals surface area contributed by atoms with Gasteiger partial charge in [-0.3, -0.25) is 0 Å². The maximum atomic E-state index is 3.73. The molecule has 2 heteroatoms. The van der Waals surface area contributed by atoms with Gasteiger partial charge in [-0.2, -0.15) is 11.8 Å². The molecule has 20 heavy (non-hydrogen) atoms. The predicted octanol–water partition coefficient (Wildman–Crippen LogP) is 5.14. The summed E-state index contributed by atoms with van der Waals surface area (Å²) in [6.07, 6.45) is 6.67. The molecule has 0 saturated heterocycles. The summed E-state index contributed by atoms with van der Waals surface area (Å²) in [6, 6.07) is 9.87. The zero-order valence-corrected chi connectivity index (χ0v) is 13.8. The molecule has 0 heterocycles. The number of thioether (sulfide) groups is 1. The number of hydrogen-bond acceptors (Lipinski definition) is 2. The quantitative estimate of drug-likeness (QED) is 0.632. The average molecular weight is 292 g/mol. The zero-order valence-electron chi connectivity index (χ0n) is 13.0. The van der Waals surface area contributed by atoms with Gasteiger partial charge >= 0.3 is 0 Å². The van der Waals surface area contributed by atoms with Gasteiger partial charge in [0.1, 0.15) is 0 Å². The first-order valence-corrected chi connectivity index (χ1v) is 9.41. The van der Waals surface area contributed by atoms with Crippen LogP contribution in [0.3, 0.4) is 0 Å². The van der Waals surface area contributed by atoms with Crippen LogP contribution in [0, 0.1) is 0 Å². The second-order valence-corrected chi connectivity index (χ2v) is 7.03. The SMILES string of the molecule is CCCNC(CSCCC)c1cccc(C2CCC2)c1. The van der Waals surface area contributed by atoms with E-state index in [1.54, 1.807) is 5.56 Å². The Morgan fingerprint density at radius 1 is 1.25 bits per heavy atom. The Kier molecular flexibility index (Phi) is 6.95. The highest BCUT2D eigenvalue weighted by Crippen LogP contribution is 2.37. The van der Waals surface area contributed by atoms with E-state index >= 15 is 0 Å². The molecular weight excluding hydrogens is 262 g/mol. The van der Waals surface area contributed by atoms with Gasteiger partial charge < -0.3 is 5.32 Å². The maximum absolute atomic E-state index is 3.73. The monoisotopic (exact) mass is 291 g/mol. The Labute approximate surface area is 128 Å². The maximum Gasteiger partial charge on any atom is 0.0411 e. The molecule has 1 unspecified atom stereocenters. The lowest BCUT2D eigenvalue weighted by molar-refractivity contribution is 0.419. The van der Waals surface area contributed by atoms with Gasteiger partial charge in [-0.05, 0) is 55.0 Å². The van der Waals surface area contributed by atoms with Crippen molar-refractivity contribution in [3.05, 3.63) is 35.4 Å². The van der Waals surface area contributed by atoms with Crippen LogP contribution < -0.4 is 5.32 Å². The van der Waals surface area contributed by atoms with Crippen LogP contribution in [-0.4, -0.2) is 18.1 Å². The molecule has 0 aromatic heterocycles. The summed E-state index contributed by atoms with van der Waals surface area (Å²) >= 11 is 2.08. The molecule has 0 spiro atoms. The van der Waals surface area contributed by atoms with Gasteiger partial charge in [0, 0.05) is 11.8 Å². The van der Waals surface area contributed by atoms with Crippen molar-refractivity contribution in [2.24, 2.45) is 0 Å². The molecule has 1 saturated carbocycles. The molecule has 0 radical (unpaired) electrons. The number of hydrogen-bond donors (Lipinski definition) is 1. The fraction of sp³-hybridized carbons (Fsp3) is 0.667. The normalized spacial score (nSPS) is 16.9. The van der Waals surface area contributed by atoms with Crippen LogP contribution in [-0.2, 0) is 0 Å². The molecule has 1 atom stereocenters. The highest BCUT2D eigenvalue weighted by molar-refractivity contribution is 7.99. The van der Waals surface area contributed by atoms with Gasteiger partial charge in [0.15, 0.2) is 0 Å². The number of rotatable bonds is 9. The second-order valence-electron chi connectivity index (χ2n) is 5.88. The summed E-state index contributed by atoms with van der Waals surface area (Å²) in [5, 5.41) is 3.73. The first-order chi connectivity index (χ1) is 9.85. The molecule has 0 amide bonds. The predicted molar refractivity (Wildman–Crippen MR) is 91.7 cm³/mol. The van der Waals surface area contributed by atoms with Crippen LogP contribution in [0.4, 0.5) is 0 Å². The topological polar surface area (TPSA) is 12.0 Å². The third-order valence-electron chi connectivity index (χ3n) is 4.16. The van der Waals surface area contributed by atoms with Crippen LogP contribution >= 0.6 is 11.8 Å². The van der Waals surface area contributed by atoms with Gasteiger partial charge in [0.2, 0.25) is 0 Å². The van der Waals surface area contributed by atoms with Crippen LogP contribution in [0.25, 0.3) is 0 Å². The van der Waals surface area contributed by atoms with Crippen LogP contribution in [0.15, 0.2) is 24.3 Å². The minimum atomic E-state index is 0.520. The average Bonchev–Trinajstić information content (AvgIpc) is 2.41. The summed E-state index contributed by atoms with van der Waals surface area (Å²) in [5.41, 5.74) is 3.06. The van der Waals surface area contributed by atoms with Crippen molar-refractivity contribution >= 4 is 11.8 Å². The fourth-order valence-corrected chi connectivity index (χ4v) is 3.71. The van der Waals surface area contributed by atoms with Crippen molar-refractivity contribution in [2.45, 2.75) is 57.9 Å². The first kappa shape index (κ1) is 15.9. The molecule has 1 fully saturated rings. The van der Waals surface area contributed by atoms with E-state index in [0.29, 0.717) is 6.04 Å². The minimum Gasteiger partial charge on any atom is -0.309 e. The molecule has 2 rings (SSSR count). The van der Waals surface area contributed by atoms with Crippen molar-refractivity contribution in [1.29, 1.82) is 0 Å². The van der Waals surface area contributed by atoms with E-state index in [0.717, 1.165) is 12.5 Å². The standard InChI is InChI=1S/C18H29NS/c1-3-11-19-18(14-20-12-4-2)17-10-6-9-16(13-17)15-7-5-8-15/h6,9-10,13,15,18-19H,3-5,7-8,11-12,14H2,1-2H3. The third-order valence-corrected chi connectivity index (χ3v) is 5.43. The van der Waals surface area contributed by atoms with Crippen molar-refractivity contribution in [3.63, 3.8) is 0 Å². The summed E-state index contributed by atoms with van der Waals surface area (Å²) in [6.45, 7) is 5.62. The Hall–Kier alpha value is -0.470. The lowest BCUT2D eigenvalue weighted by Crippen LogP contribution is -2.24. The van der Waals surface area contributed by atoms with Crippen molar-refractivity contribution < 1.29 is 0 Å². The van der Waals surface area contributed by atoms with E-state index in [-0.39, 0.29) is 0 Å². The highest BCUT2D eigenvalue weighted by atomic mass is 32.2. The van der Waals surface area contributed by atoms with E-state index in [9.17, 15) is 0 Å². The smallest absolute Gasteiger partial charge is 0.0411 e. The van der Waals surface area contributed by atoms with Gasteiger partial charge in [-0.15, -0.1) is 0 Å². The van der Waals surface area contributed by atoms with E-state index in [2.05, 4.69) is 55.2 Å². The highest BCUT2D eigenvalue weighted by Gasteiger charge is 2.20. The Morgan fingerprint density at radius 2 is 2.10 bits per heavy atom. The molecule has 0 aliphatic heterocycles. The summed E-state index contributed by atoms with van der Waals surface area (Å²) in [4.78, 5) is 0. The van der Waals surface area contributed by atoms with Gasteiger partial charge in [-0.1, -0.05) is 44.5 Å². The van der Waals surface area contributed by atoms with E-state index < -0.39 is 0 Å². The summed E-state index contributed by atoms with van der Waals surface area (Å²) in [7, 11) is 0. The fourth-order valence-electron chi connectivity index (χ4n) is 2.71. The number of benzene rings is 1. The van der Waals surface area contributed by atoms with Gasteiger partial charge in [0.25, 0.3) is 0 Å². The van der Waals surface area contributed by atoms with E-state index in [4.69, 9.17) is 0 Å². The largest absolute Gasteiger partial charge is 0.309 e. The Morgan fingerprint density at radius 3 is 2.75 bits per heavy atom. The van der Waals surface area contributed by atoms with Gasteiger partial charge in [0.05, 0.1) is 0 Å². The minimum absolute atomic E-state index is 0.520. The molecule has 112 valence electrons. The van der Waals surface area contributed by atoms with E-state index in [1.165, 1.54) is 49.2 Å². The zero-order chi connectivity index (χ0) is 14.2. The molecule has 0 bridgehead atoms. The molecule has 1 aromatic rings. The molecular formula is C18H29NS. The molecule has 1 aliphatic carbocycles. The molecule has 1 aromatic carbocycles. The second kappa shape index (κ2) is 8.74. The van der Waals surface area contributed by atoms with Crippen molar-refractivity contribution in [1.82, 2.24) is 5.32 Å². The van der Waals surface area contributed by atoms with Crippen LogP contribution in [0.5, 0.6) is 0 Å². The van der Waals surface area contributed by atoms with Crippen LogP contribution in [0.2, 0.25) is 0 Å². The molecule has 1 N–H and O–H groups in total. The molecule has 1 aliphatic rings. The lowest BCUT2D eigenvalue weighted by atomic mass is 9.79. The third kappa shape index (κ3) is 4.53. The first-order valence-electron chi connectivity index (χ1n) is 8.26. The van der Waals surface area contributed by atoms with E-state index in [1.807, 2.05) is 0 Å². The van der Waals surface area contributed by atoms with Gasteiger partial charge in [-0.25, -0.2) is 0 Å². The van der Waals surface area contributed by atoms with Crippen LogP contribution in [0.1, 0.15) is 69.0 Å². The number of nitrogens with one attached hydrogen (secondary N) is 1. The summed E-state index contributed by atoms with van der Waals surface area (Å²) in [5.74, 6) is 3.30. The lowest BCUT2D eigenvalue weighted by Gasteiger charge is -2.27. The Bertz CT molecular complexity index is 387. The van der Waals surface area contributed by atoms with Crippen molar-refractivity contribution in [2.75, 3.05) is 18.1 Å².